The van der Waals surface area contributed by atoms with Crippen molar-refractivity contribution >= 4 is 24.1 Å². The fraction of sp³-hybridized carbons (Fsp3) is 0.316. The molecule has 1 heterocycles. The van der Waals surface area contributed by atoms with E-state index in [9.17, 15) is 19.2 Å². The number of nitrogens with zero attached hydrogens (tertiary/aromatic N) is 1. The molecule has 0 saturated heterocycles. The van der Waals surface area contributed by atoms with Gasteiger partial charge in [-0.2, -0.15) is 0 Å². The number of hydrogen-bond acceptors (Lipinski definition) is 6. The van der Waals surface area contributed by atoms with E-state index in [1.807, 2.05) is 30.3 Å². The highest BCUT2D eigenvalue weighted by Gasteiger charge is 2.27. The fourth-order valence-corrected chi connectivity index (χ4v) is 2.67. The maximum Gasteiger partial charge on any atom is 0.305 e. The first-order valence-corrected chi connectivity index (χ1v) is 8.93. The molecule has 2 amide bonds. The van der Waals surface area contributed by atoms with Crippen molar-refractivity contribution in [2.24, 2.45) is 5.73 Å². The number of benzene rings is 1. The van der Waals surface area contributed by atoms with E-state index in [0.717, 1.165) is 5.56 Å². The number of H-pyrrole nitrogens is 1. The number of imidazole rings is 1. The number of aldehydes is 1. The Morgan fingerprint density at radius 3 is 2.45 bits per heavy atom. The van der Waals surface area contributed by atoms with E-state index in [4.69, 9.17) is 10.8 Å². The summed E-state index contributed by atoms with van der Waals surface area (Å²) in [5, 5.41) is 13.8. The molecule has 29 heavy (non-hydrogen) atoms. The smallest absolute Gasteiger partial charge is 0.305 e. The lowest BCUT2D eigenvalue weighted by Crippen LogP contribution is -2.55. The SMILES string of the molecule is N[C@@H](CC(=O)O)C(=O)N[C@@H](Cc1cnc[nH]1)C(=O)N[C@@H](C=O)Cc1ccccc1. The molecule has 10 heteroatoms. The average Bonchev–Trinajstić information content (AvgIpc) is 3.20. The van der Waals surface area contributed by atoms with Crippen LogP contribution in [0.3, 0.4) is 0 Å². The van der Waals surface area contributed by atoms with Gasteiger partial charge in [0.05, 0.1) is 24.8 Å². The summed E-state index contributed by atoms with van der Waals surface area (Å²) in [7, 11) is 0. The number of hydrogen-bond donors (Lipinski definition) is 5. The van der Waals surface area contributed by atoms with Crippen LogP contribution in [0.2, 0.25) is 0 Å². The molecule has 3 atom stereocenters. The lowest BCUT2D eigenvalue weighted by atomic mass is 10.1. The van der Waals surface area contributed by atoms with E-state index in [1.165, 1.54) is 12.5 Å². The minimum absolute atomic E-state index is 0.0638. The molecule has 2 rings (SSSR count). The molecule has 6 N–H and O–H groups in total. The maximum absolute atomic E-state index is 12.7. The van der Waals surface area contributed by atoms with Crippen molar-refractivity contribution in [2.45, 2.75) is 37.4 Å². The van der Waals surface area contributed by atoms with Crippen LogP contribution >= 0.6 is 0 Å². The van der Waals surface area contributed by atoms with Crippen LogP contribution in [0, 0.1) is 0 Å². The molecule has 0 saturated carbocycles. The molecule has 10 nitrogen and oxygen atoms in total. The summed E-state index contributed by atoms with van der Waals surface area (Å²) >= 11 is 0. The Balaban J connectivity index is 2.07. The van der Waals surface area contributed by atoms with Crippen LogP contribution in [0.15, 0.2) is 42.9 Å². The second-order valence-electron chi connectivity index (χ2n) is 6.49. The normalized spacial score (nSPS) is 13.7. The van der Waals surface area contributed by atoms with Crippen molar-refractivity contribution in [3.05, 3.63) is 54.1 Å². The van der Waals surface area contributed by atoms with E-state index in [-0.39, 0.29) is 6.42 Å². The van der Waals surface area contributed by atoms with Gasteiger partial charge in [-0.1, -0.05) is 30.3 Å². The molecule has 0 spiro atoms. The highest BCUT2D eigenvalue weighted by molar-refractivity contribution is 5.92. The highest BCUT2D eigenvalue weighted by atomic mass is 16.4. The second kappa shape index (κ2) is 10.7. The van der Waals surface area contributed by atoms with Gasteiger partial charge >= 0.3 is 5.97 Å². The third-order valence-corrected chi connectivity index (χ3v) is 4.13. The molecule has 0 aliphatic carbocycles. The van der Waals surface area contributed by atoms with Crippen LogP contribution in [0.5, 0.6) is 0 Å². The molecule has 2 aromatic rings. The maximum atomic E-state index is 12.7. The quantitative estimate of drug-likeness (QED) is 0.306. The molecule has 0 aliphatic rings. The van der Waals surface area contributed by atoms with Crippen molar-refractivity contribution in [3.8, 4) is 0 Å². The summed E-state index contributed by atoms with van der Waals surface area (Å²) in [6, 6.07) is 5.98. The number of carbonyl (C=O) groups is 4. The highest BCUT2D eigenvalue weighted by Crippen LogP contribution is 2.04. The Kier molecular flexibility index (Phi) is 8.04. The molecule has 0 bridgehead atoms. The van der Waals surface area contributed by atoms with Gasteiger partial charge in [0.15, 0.2) is 0 Å². The lowest BCUT2D eigenvalue weighted by molar-refractivity contribution is -0.139. The summed E-state index contributed by atoms with van der Waals surface area (Å²) in [5.41, 5.74) is 7.00. The largest absolute Gasteiger partial charge is 0.481 e. The molecule has 0 unspecified atom stereocenters. The van der Waals surface area contributed by atoms with Crippen molar-refractivity contribution in [2.75, 3.05) is 0 Å². The average molecular weight is 401 g/mol. The van der Waals surface area contributed by atoms with Gasteiger partial charge in [0.2, 0.25) is 11.8 Å². The second-order valence-corrected chi connectivity index (χ2v) is 6.49. The number of nitrogens with one attached hydrogen (secondary N) is 3. The molecule has 0 fully saturated rings. The Hall–Kier alpha value is -3.53. The number of aliphatic carboxylic acids is 1. The fourth-order valence-electron chi connectivity index (χ4n) is 2.67. The number of carboxylic acids is 1. The molecule has 1 aromatic heterocycles. The Morgan fingerprint density at radius 1 is 1.14 bits per heavy atom. The van der Waals surface area contributed by atoms with E-state index < -0.39 is 42.3 Å². The van der Waals surface area contributed by atoms with Gasteiger partial charge in [0.25, 0.3) is 0 Å². The van der Waals surface area contributed by atoms with Crippen LogP contribution < -0.4 is 16.4 Å². The standard InChI is InChI=1S/C19H23N5O5/c20-15(8-17(26)27)18(28)24-16(7-13-9-21-11-22-13)19(29)23-14(10-25)6-12-4-2-1-3-5-12/h1-5,9-11,14-16H,6-8,20H2,(H,21,22)(H,23,29)(H,24,28)(H,26,27)/t14-,15+,16+/m1/s1. The monoisotopic (exact) mass is 401 g/mol. The van der Waals surface area contributed by atoms with Gasteiger partial charge in [-0.15, -0.1) is 0 Å². The van der Waals surface area contributed by atoms with Gasteiger partial charge in [0, 0.05) is 18.3 Å². The third-order valence-electron chi connectivity index (χ3n) is 4.13. The number of aromatic amines is 1. The van der Waals surface area contributed by atoms with Gasteiger partial charge in [-0.3, -0.25) is 14.4 Å². The van der Waals surface area contributed by atoms with E-state index in [1.54, 1.807) is 0 Å². The predicted octanol–water partition coefficient (Wildman–Crippen LogP) is -0.835. The van der Waals surface area contributed by atoms with Crippen LogP contribution in [-0.2, 0) is 32.0 Å². The zero-order valence-corrected chi connectivity index (χ0v) is 15.6. The minimum atomic E-state index is -1.31. The molecule has 0 radical (unpaired) electrons. The number of nitrogens with two attached hydrogens (primary N) is 1. The summed E-state index contributed by atoms with van der Waals surface area (Å²) in [6.45, 7) is 0. The van der Waals surface area contributed by atoms with Crippen LogP contribution in [0.1, 0.15) is 17.7 Å². The zero-order chi connectivity index (χ0) is 21.2. The number of rotatable bonds is 11. The molecule has 0 aliphatic heterocycles. The number of amides is 2. The van der Waals surface area contributed by atoms with Gasteiger partial charge in [-0.25, -0.2) is 4.98 Å². The first kappa shape index (κ1) is 21.8. The minimum Gasteiger partial charge on any atom is -0.481 e. The molecular formula is C19H23N5O5. The first-order valence-electron chi connectivity index (χ1n) is 8.93. The van der Waals surface area contributed by atoms with Crippen molar-refractivity contribution in [1.29, 1.82) is 0 Å². The number of carboxylic acid groups (broad SMARTS) is 1. The van der Waals surface area contributed by atoms with Gasteiger partial charge in [0.1, 0.15) is 12.3 Å². The summed E-state index contributed by atoms with van der Waals surface area (Å²) in [6.07, 6.45) is 3.32. The summed E-state index contributed by atoms with van der Waals surface area (Å²) in [4.78, 5) is 53.8. The van der Waals surface area contributed by atoms with Crippen molar-refractivity contribution < 1.29 is 24.3 Å². The predicted molar refractivity (Wildman–Crippen MR) is 103 cm³/mol. The Bertz CT molecular complexity index is 825. The van der Waals surface area contributed by atoms with Crippen LogP contribution in [0.4, 0.5) is 0 Å². The number of aromatic nitrogens is 2. The molecular weight excluding hydrogens is 378 g/mol. The van der Waals surface area contributed by atoms with Crippen LogP contribution in [-0.4, -0.2) is 57.3 Å². The topological polar surface area (TPSA) is 167 Å². The third kappa shape index (κ3) is 7.18. The molecule has 1 aromatic carbocycles. The Morgan fingerprint density at radius 2 is 1.86 bits per heavy atom. The van der Waals surface area contributed by atoms with Crippen molar-refractivity contribution in [1.82, 2.24) is 20.6 Å². The van der Waals surface area contributed by atoms with E-state index in [0.29, 0.717) is 18.4 Å². The Labute approximate surface area is 166 Å². The summed E-state index contributed by atoms with van der Waals surface area (Å²) < 4.78 is 0. The molecule has 154 valence electrons. The number of carbonyl (C=O) groups excluding carboxylic acids is 3. The first-order chi connectivity index (χ1) is 13.9. The van der Waals surface area contributed by atoms with Crippen LogP contribution in [0.25, 0.3) is 0 Å². The van der Waals surface area contributed by atoms with Gasteiger partial charge in [-0.05, 0) is 12.0 Å². The lowest BCUT2D eigenvalue weighted by Gasteiger charge is -2.22. The van der Waals surface area contributed by atoms with E-state index >= 15 is 0 Å². The van der Waals surface area contributed by atoms with Crippen molar-refractivity contribution in [3.63, 3.8) is 0 Å². The summed E-state index contributed by atoms with van der Waals surface area (Å²) in [5.74, 6) is -2.60. The van der Waals surface area contributed by atoms with E-state index in [2.05, 4.69) is 20.6 Å². The van der Waals surface area contributed by atoms with Gasteiger partial charge < -0.3 is 31.3 Å². The zero-order valence-electron chi connectivity index (χ0n) is 15.6.